The summed E-state index contributed by atoms with van der Waals surface area (Å²) in [6, 6.07) is 2.96. The Hall–Kier alpha value is -1.93. The average Bonchev–Trinajstić information content (AvgIpc) is 3.24. The van der Waals surface area contributed by atoms with Crippen LogP contribution in [0, 0.1) is 5.92 Å². The Morgan fingerprint density at radius 3 is 2.88 bits per heavy atom. The van der Waals surface area contributed by atoms with Gasteiger partial charge < -0.3 is 11.1 Å². The van der Waals surface area contributed by atoms with Gasteiger partial charge in [0.2, 0.25) is 0 Å². The topological polar surface area (TPSA) is 114 Å². The minimum absolute atomic E-state index is 0.0354. The second-order valence-corrected chi connectivity index (χ2v) is 8.34. The first-order chi connectivity index (χ1) is 11.9. The molecule has 2 atom stereocenters. The van der Waals surface area contributed by atoms with E-state index in [0.717, 1.165) is 32.1 Å². The fourth-order valence-electron chi connectivity index (χ4n) is 3.03. The van der Waals surface area contributed by atoms with Crippen molar-refractivity contribution in [3.8, 4) is 0 Å². The van der Waals surface area contributed by atoms with Crippen LogP contribution in [0.5, 0.6) is 0 Å². The molecular weight excluding hydrogens is 340 g/mol. The summed E-state index contributed by atoms with van der Waals surface area (Å²) in [6.07, 6.45) is 11.1. The summed E-state index contributed by atoms with van der Waals surface area (Å²) in [5.74, 6) is -0.514. The van der Waals surface area contributed by atoms with Gasteiger partial charge in [-0.15, -0.1) is 0 Å². The van der Waals surface area contributed by atoms with E-state index >= 15 is 0 Å². The Morgan fingerprint density at radius 1 is 1.24 bits per heavy atom. The van der Waals surface area contributed by atoms with Crippen LogP contribution in [0.4, 0.5) is 5.82 Å². The van der Waals surface area contributed by atoms with E-state index in [0.29, 0.717) is 13.0 Å². The van der Waals surface area contributed by atoms with Gasteiger partial charge in [0.15, 0.2) is 0 Å². The fraction of sp³-hybridized carbons (Fsp3) is 0.529. The smallest absolute Gasteiger partial charge is 0.267 e. The molecule has 1 aromatic heterocycles. The molecule has 0 bridgehead atoms. The Balaban J connectivity index is 1.85. The van der Waals surface area contributed by atoms with Crippen molar-refractivity contribution < 1.29 is 13.2 Å². The lowest BCUT2D eigenvalue weighted by Gasteiger charge is -2.15. The molecule has 1 aliphatic heterocycles. The highest BCUT2D eigenvalue weighted by molar-refractivity contribution is 7.90. The third-order valence-electron chi connectivity index (χ3n) is 4.73. The number of allylic oxidation sites excluding steroid dienone is 1. The van der Waals surface area contributed by atoms with Crippen molar-refractivity contribution in [2.75, 3.05) is 11.9 Å². The van der Waals surface area contributed by atoms with Crippen molar-refractivity contribution in [1.29, 1.82) is 0 Å². The Bertz CT molecular complexity index is 778. The minimum Gasteiger partial charge on any atom is -0.369 e. The number of anilines is 1. The van der Waals surface area contributed by atoms with Crippen molar-refractivity contribution in [3.05, 3.63) is 30.5 Å². The lowest BCUT2D eigenvalue weighted by molar-refractivity contribution is -0.121. The average molecular weight is 364 g/mol. The van der Waals surface area contributed by atoms with Crippen LogP contribution in [0.15, 0.2) is 35.4 Å². The quantitative estimate of drug-likeness (QED) is 0.602. The largest absolute Gasteiger partial charge is 0.369 e. The molecule has 1 amide bonds. The van der Waals surface area contributed by atoms with Crippen LogP contribution >= 0.6 is 0 Å². The SMILES string of the molecule is N[C@]12C[C@H]1/C=C\CCCCCCNc1ncccc1S(=O)(=O)NC2=O. The van der Waals surface area contributed by atoms with Gasteiger partial charge in [-0.2, -0.15) is 0 Å². The monoisotopic (exact) mass is 364 g/mol. The number of nitrogens with one attached hydrogen (secondary N) is 2. The molecule has 0 unspecified atom stereocenters. The number of nitrogens with two attached hydrogens (primary N) is 1. The van der Waals surface area contributed by atoms with Gasteiger partial charge in [-0.3, -0.25) is 4.79 Å². The van der Waals surface area contributed by atoms with Crippen molar-refractivity contribution >= 4 is 21.7 Å². The van der Waals surface area contributed by atoms with Gasteiger partial charge >= 0.3 is 0 Å². The summed E-state index contributed by atoms with van der Waals surface area (Å²) in [5, 5.41) is 3.06. The van der Waals surface area contributed by atoms with Crippen LogP contribution in [-0.4, -0.2) is 31.4 Å². The van der Waals surface area contributed by atoms with E-state index in [1.165, 1.54) is 18.3 Å². The molecule has 136 valence electrons. The molecule has 2 aliphatic rings. The van der Waals surface area contributed by atoms with E-state index in [2.05, 4.69) is 15.0 Å². The van der Waals surface area contributed by atoms with E-state index in [9.17, 15) is 13.2 Å². The van der Waals surface area contributed by atoms with Gasteiger partial charge in [0.1, 0.15) is 16.3 Å². The predicted molar refractivity (Wildman–Crippen MR) is 95.3 cm³/mol. The van der Waals surface area contributed by atoms with Crippen molar-refractivity contribution in [1.82, 2.24) is 9.71 Å². The van der Waals surface area contributed by atoms with Crippen LogP contribution < -0.4 is 15.8 Å². The highest BCUT2D eigenvalue weighted by atomic mass is 32.2. The number of carbonyl (C=O) groups is 1. The van der Waals surface area contributed by atoms with Gasteiger partial charge in [0.05, 0.1) is 0 Å². The molecule has 1 fully saturated rings. The van der Waals surface area contributed by atoms with Crippen LogP contribution in [-0.2, 0) is 14.8 Å². The van der Waals surface area contributed by atoms with Gasteiger partial charge in [-0.25, -0.2) is 18.1 Å². The number of nitrogens with zero attached hydrogens (tertiary/aromatic N) is 1. The second-order valence-electron chi connectivity index (χ2n) is 6.69. The van der Waals surface area contributed by atoms with Crippen LogP contribution in [0.1, 0.15) is 38.5 Å². The number of fused-ring (bicyclic) bond motifs is 2. The molecule has 0 aromatic carbocycles. The molecule has 7 nitrogen and oxygen atoms in total. The van der Waals surface area contributed by atoms with E-state index in [4.69, 9.17) is 5.73 Å². The zero-order valence-electron chi connectivity index (χ0n) is 14.1. The summed E-state index contributed by atoms with van der Waals surface area (Å²) in [4.78, 5) is 16.5. The maximum absolute atomic E-state index is 12.6. The van der Waals surface area contributed by atoms with Crippen LogP contribution in [0.25, 0.3) is 0 Å². The summed E-state index contributed by atoms with van der Waals surface area (Å²) >= 11 is 0. The maximum Gasteiger partial charge on any atom is 0.267 e. The first kappa shape index (κ1) is 17.9. The molecule has 0 radical (unpaired) electrons. The molecular formula is C17H24N4O3S. The third-order valence-corrected chi connectivity index (χ3v) is 6.09. The highest BCUT2D eigenvalue weighted by Gasteiger charge is 2.56. The van der Waals surface area contributed by atoms with Crippen molar-refractivity contribution in [2.24, 2.45) is 11.7 Å². The molecule has 0 spiro atoms. The van der Waals surface area contributed by atoms with Gasteiger partial charge in [-0.1, -0.05) is 25.0 Å². The standard InChI is InChI=1S/C17H24N4O3S/c18-17-12-13(17)8-5-3-1-2-4-6-10-19-15-14(9-7-11-20-15)25(23,24)21-16(17)22/h5,7-9,11,13H,1-4,6,10,12,18H2,(H,19,20)(H,21,22)/b8-5-/t13-,17-/m1/s1. The van der Waals surface area contributed by atoms with Crippen LogP contribution in [0.2, 0.25) is 0 Å². The van der Waals surface area contributed by atoms with Crippen LogP contribution in [0.3, 0.4) is 0 Å². The van der Waals surface area contributed by atoms with Crippen molar-refractivity contribution in [2.45, 2.75) is 49.0 Å². The van der Waals surface area contributed by atoms with Gasteiger partial charge in [0.25, 0.3) is 15.9 Å². The number of sulfonamides is 1. The highest BCUT2D eigenvalue weighted by Crippen LogP contribution is 2.42. The number of hydrogen-bond donors (Lipinski definition) is 3. The third kappa shape index (κ3) is 4.01. The van der Waals surface area contributed by atoms with Gasteiger partial charge in [0, 0.05) is 18.7 Å². The first-order valence-corrected chi connectivity index (χ1v) is 10.1. The summed E-state index contributed by atoms with van der Waals surface area (Å²) in [5.41, 5.74) is 4.94. The van der Waals surface area contributed by atoms with E-state index < -0.39 is 21.5 Å². The number of carbonyl (C=O) groups excluding carboxylic acids is 1. The number of aromatic nitrogens is 1. The van der Waals surface area contributed by atoms with E-state index in [-0.39, 0.29) is 16.6 Å². The Morgan fingerprint density at radius 2 is 2.04 bits per heavy atom. The first-order valence-electron chi connectivity index (χ1n) is 8.65. The second kappa shape index (κ2) is 7.13. The zero-order chi connectivity index (χ0) is 17.9. The Labute approximate surface area is 148 Å². The minimum atomic E-state index is -4.03. The maximum atomic E-state index is 12.6. The summed E-state index contributed by atoms with van der Waals surface area (Å²) < 4.78 is 27.4. The van der Waals surface area contributed by atoms with E-state index in [1.807, 2.05) is 12.2 Å². The number of amides is 1. The van der Waals surface area contributed by atoms with Gasteiger partial charge in [-0.05, 0) is 37.8 Å². The summed E-state index contributed by atoms with van der Waals surface area (Å²) in [7, 11) is -4.03. The zero-order valence-corrected chi connectivity index (χ0v) is 14.9. The Kier molecular flexibility index (Phi) is 5.10. The molecule has 1 saturated carbocycles. The molecule has 4 N–H and O–H groups in total. The normalized spacial score (nSPS) is 30.9. The summed E-state index contributed by atoms with van der Waals surface area (Å²) in [6.45, 7) is 0.631. The lowest BCUT2D eigenvalue weighted by Crippen LogP contribution is -2.46. The molecule has 8 heteroatoms. The lowest BCUT2D eigenvalue weighted by atomic mass is 10.1. The molecule has 0 saturated heterocycles. The molecule has 1 aliphatic carbocycles. The number of hydrogen-bond acceptors (Lipinski definition) is 6. The number of pyridine rings is 1. The fourth-order valence-corrected chi connectivity index (χ4v) is 4.21. The molecule has 3 rings (SSSR count). The van der Waals surface area contributed by atoms with Crippen molar-refractivity contribution in [3.63, 3.8) is 0 Å². The van der Waals surface area contributed by atoms with E-state index in [1.54, 1.807) is 0 Å². The molecule has 25 heavy (non-hydrogen) atoms. The molecule has 1 aromatic rings. The predicted octanol–water partition coefficient (Wildman–Crippen LogP) is 1.54. The number of rotatable bonds is 0. The molecule has 2 heterocycles.